The first-order valence-corrected chi connectivity index (χ1v) is 6.24. The normalized spacial score (nSPS) is 9.83. The number of nitrogens with zero attached hydrogens (tertiary/aromatic N) is 1. The van der Waals surface area contributed by atoms with Gasteiger partial charge in [-0.25, -0.2) is 0 Å². The van der Waals surface area contributed by atoms with Crippen LogP contribution in [-0.4, -0.2) is 12.5 Å². The van der Waals surface area contributed by atoms with Crippen molar-refractivity contribution in [2.45, 2.75) is 25.7 Å². The van der Waals surface area contributed by atoms with Crippen LogP contribution in [0, 0.1) is 11.3 Å². The molecule has 0 saturated carbocycles. The Morgan fingerprint density at radius 3 is 2.78 bits per heavy atom. The second kappa shape index (κ2) is 7.70. The van der Waals surface area contributed by atoms with E-state index in [-0.39, 0.29) is 5.91 Å². The van der Waals surface area contributed by atoms with E-state index in [1.807, 2.05) is 6.07 Å². The van der Waals surface area contributed by atoms with Crippen molar-refractivity contribution in [3.63, 3.8) is 0 Å². The fourth-order valence-corrected chi connectivity index (χ4v) is 1.73. The number of hydrogen-bond donors (Lipinski definition) is 2. The lowest BCUT2D eigenvalue weighted by molar-refractivity contribution is -0.116. The van der Waals surface area contributed by atoms with Gasteiger partial charge in [-0.05, 0) is 37.6 Å². The molecule has 0 atom stereocenters. The lowest BCUT2D eigenvalue weighted by atomic mass is 10.2. The van der Waals surface area contributed by atoms with Gasteiger partial charge in [0, 0.05) is 6.42 Å². The maximum absolute atomic E-state index is 11.6. The molecule has 1 amide bonds. The topological polar surface area (TPSA) is 78.9 Å². The number of halogens is 1. The number of rotatable bonds is 6. The Labute approximate surface area is 112 Å². The second-order valence-electron chi connectivity index (χ2n) is 3.95. The summed E-state index contributed by atoms with van der Waals surface area (Å²) >= 11 is 5.95. The molecule has 0 spiro atoms. The Hall–Kier alpha value is -1.57. The molecule has 5 heteroatoms. The van der Waals surface area contributed by atoms with E-state index in [0.29, 0.717) is 29.2 Å². The molecule has 0 aliphatic heterocycles. The van der Waals surface area contributed by atoms with Gasteiger partial charge in [0.15, 0.2) is 0 Å². The van der Waals surface area contributed by atoms with Crippen LogP contribution in [0.2, 0.25) is 5.02 Å². The van der Waals surface area contributed by atoms with Gasteiger partial charge in [-0.1, -0.05) is 18.0 Å². The Morgan fingerprint density at radius 2 is 2.17 bits per heavy atom. The van der Waals surface area contributed by atoms with Crippen LogP contribution in [-0.2, 0) is 4.79 Å². The molecular formula is C13H16ClN3O. The predicted molar refractivity (Wildman–Crippen MR) is 72.3 cm³/mol. The standard InChI is InChI=1S/C13H16ClN3O/c14-11-8-10(9-16)5-6-12(11)17-13(18)4-2-1-3-7-15/h5-6,8H,1-4,7,15H2,(H,17,18). The van der Waals surface area contributed by atoms with E-state index in [1.165, 1.54) is 6.07 Å². The number of nitrogens with two attached hydrogens (primary N) is 1. The number of carbonyl (C=O) groups excluding carboxylic acids is 1. The van der Waals surface area contributed by atoms with Crippen molar-refractivity contribution in [1.29, 1.82) is 5.26 Å². The van der Waals surface area contributed by atoms with Gasteiger partial charge < -0.3 is 11.1 Å². The summed E-state index contributed by atoms with van der Waals surface area (Å²) in [5.74, 6) is -0.0707. The van der Waals surface area contributed by atoms with E-state index in [2.05, 4.69) is 5.32 Å². The zero-order valence-corrected chi connectivity index (χ0v) is 10.8. The van der Waals surface area contributed by atoms with Crippen molar-refractivity contribution in [3.8, 4) is 6.07 Å². The van der Waals surface area contributed by atoms with E-state index in [0.717, 1.165) is 19.3 Å². The number of hydrogen-bond acceptors (Lipinski definition) is 3. The van der Waals surface area contributed by atoms with Gasteiger partial charge in [0.25, 0.3) is 0 Å². The zero-order chi connectivity index (χ0) is 13.4. The molecule has 0 bridgehead atoms. The second-order valence-corrected chi connectivity index (χ2v) is 4.36. The Balaban J connectivity index is 2.47. The lowest BCUT2D eigenvalue weighted by Gasteiger charge is -2.07. The van der Waals surface area contributed by atoms with Gasteiger partial charge in [0.1, 0.15) is 0 Å². The predicted octanol–water partition coefficient (Wildman–Crippen LogP) is 2.67. The summed E-state index contributed by atoms with van der Waals surface area (Å²) in [6.45, 7) is 0.656. The van der Waals surface area contributed by atoms with Crippen molar-refractivity contribution < 1.29 is 4.79 Å². The molecule has 18 heavy (non-hydrogen) atoms. The molecule has 4 nitrogen and oxygen atoms in total. The average Bonchev–Trinajstić information content (AvgIpc) is 2.37. The van der Waals surface area contributed by atoms with Gasteiger partial charge >= 0.3 is 0 Å². The number of carbonyl (C=O) groups is 1. The van der Waals surface area contributed by atoms with Crippen LogP contribution in [0.4, 0.5) is 5.69 Å². The maximum atomic E-state index is 11.6. The fourth-order valence-electron chi connectivity index (χ4n) is 1.51. The SMILES string of the molecule is N#Cc1ccc(NC(=O)CCCCCN)c(Cl)c1. The molecule has 0 aliphatic carbocycles. The molecule has 0 saturated heterocycles. The molecule has 0 aliphatic rings. The monoisotopic (exact) mass is 265 g/mol. The highest BCUT2D eigenvalue weighted by molar-refractivity contribution is 6.33. The van der Waals surface area contributed by atoms with E-state index in [9.17, 15) is 4.79 Å². The van der Waals surface area contributed by atoms with E-state index in [1.54, 1.807) is 12.1 Å². The molecule has 1 aromatic carbocycles. The highest BCUT2D eigenvalue weighted by Crippen LogP contribution is 2.23. The Morgan fingerprint density at radius 1 is 1.39 bits per heavy atom. The summed E-state index contributed by atoms with van der Waals surface area (Å²) in [6.07, 6.45) is 3.16. The van der Waals surface area contributed by atoms with Gasteiger partial charge in [0.05, 0.1) is 22.3 Å². The molecule has 0 heterocycles. The third kappa shape index (κ3) is 4.74. The van der Waals surface area contributed by atoms with Crippen molar-refractivity contribution in [2.75, 3.05) is 11.9 Å². The van der Waals surface area contributed by atoms with Crippen LogP contribution in [0.3, 0.4) is 0 Å². The Kier molecular flexibility index (Phi) is 6.20. The quantitative estimate of drug-likeness (QED) is 0.776. The summed E-state index contributed by atoms with van der Waals surface area (Å²) in [5.41, 5.74) is 6.39. The highest BCUT2D eigenvalue weighted by Gasteiger charge is 2.06. The Bertz CT molecular complexity index is 454. The van der Waals surface area contributed by atoms with Gasteiger partial charge in [0.2, 0.25) is 5.91 Å². The zero-order valence-electron chi connectivity index (χ0n) is 10.1. The molecular weight excluding hydrogens is 250 g/mol. The number of amides is 1. The first-order valence-electron chi connectivity index (χ1n) is 5.87. The third-order valence-electron chi connectivity index (χ3n) is 2.48. The van der Waals surface area contributed by atoms with Gasteiger partial charge in [-0.3, -0.25) is 4.79 Å². The van der Waals surface area contributed by atoms with E-state index < -0.39 is 0 Å². The number of unbranched alkanes of at least 4 members (excludes halogenated alkanes) is 2. The van der Waals surface area contributed by atoms with Crippen LogP contribution in [0.25, 0.3) is 0 Å². The number of benzene rings is 1. The van der Waals surface area contributed by atoms with Crippen LogP contribution in [0.5, 0.6) is 0 Å². The molecule has 1 rings (SSSR count). The molecule has 0 unspecified atom stereocenters. The van der Waals surface area contributed by atoms with E-state index >= 15 is 0 Å². The number of anilines is 1. The van der Waals surface area contributed by atoms with Crippen molar-refractivity contribution in [2.24, 2.45) is 5.73 Å². The third-order valence-corrected chi connectivity index (χ3v) is 2.79. The summed E-state index contributed by atoms with van der Waals surface area (Å²) in [5, 5.41) is 11.8. The first kappa shape index (κ1) is 14.5. The molecule has 96 valence electrons. The highest BCUT2D eigenvalue weighted by atomic mass is 35.5. The minimum atomic E-state index is -0.0707. The summed E-state index contributed by atoms with van der Waals surface area (Å²) in [7, 11) is 0. The minimum absolute atomic E-state index is 0.0707. The maximum Gasteiger partial charge on any atom is 0.224 e. The molecule has 3 N–H and O–H groups in total. The van der Waals surface area contributed by atoms with Crippen LogP contribution >= 0.6 is 11.6 Å². The molecule has 0 fully saturated rings. The van der Waals surface area contributed by atoms with Crippen molar-refractivity contribution >= 4 is 23.2 Å². The average molecular weight is 266 g/mol. The smallest absolute Gasteiger partial charge is 0.224 e. The largest absolute Gasteiger partial charge is 0.330 e. The van der Waals surface area contributed by atoms with Crippen LogP contribution in [0.1, 0.15) is 31.2 Å². The lowest BCUT2D eigenvalue weighted by Crippen LogP contribution is -2.11. The molecule has 0 aromatic heterocycles. The van der Waals surface area contributed by atoms with Gasteiger partial charge in [-0.15, -0.1) is 0 Å². The number of nitrogens with one attached hydrogen (secondary N) is 1. The summed E-state index contributed by atoms with van der Waals surface area (Å²) < 4.78 is 0. The van der Waals surface area contributed by atoms with Crippen LogP contribution in [0.15, 0.2) is 18.2 Å². The first-order chi connectivity index (χ1) is 8.67. The number of nitriles is 1. The van der Waals surface area contributed by atoms with Crippen LogP contribution < -0.4 is 11.1 Å². The van der Waals surface area contributed by atoms with Crippen molar-refractivity contribution in [1.82, 2.24) is 0 Å². The summed E-state index contributed by atoms with van der Waals surface area (Å²) in [4.78, 5) is 11.6. The van der Waals surface area contributed by atoms with Gasteiger partial charge in [-0.2, -0.15) is 5.26 Å². The molecule has 1 aromatic rings. The minimum Gasteiger partial charge on any atom is -0.330 e. The fraction of sp³-hybridized carbons (Fsp3) is 0.385. The molecule has 0 radical (unpaired) electrons. The van der Waals surface area contributed by atoms with E-state index in [4.69, 9.17) is 22.6 Å². The van der Waals surface area contributed by atoms with Crippen molar-refractivity contribution in [3.05, 3.63) is 28.8 Å². The summed E-state index contributed by atoms with van der Waals surface area (Å²) in [6, 6.07) is 6.78.